The second kappa shape index (κ2) is 8.02. The lowest BCUT2D eigenvalue weighted by atomic mass is 10.1. The summed E-state index contributed by atoms with van der Waals surface area (Å²) in [6, 6.07) is 13.2. The average Bonchev–Trinajstić information content (AvgIpc) is 2.71. The number of amides is 1. The topological polar surface area (TPSA) is 84.0 Å². The zero-order chi connectivity index (χ0) is 20.3. The maximum atomic E-state index is 13.0. The third kappa shape index (κ3) is 3.87. The quantitative estimate of drug-likeness (QED) is 0.734. The number of benzene rings is 2. The van der Waals surface area contributed by atoms with Crippen LogP contribution >= 0.6 is 0 Å². The van der Waals surface area contributed by atoms with Crippen LogP contribution in [0.1, 0.15) is 33.6 Å². The van der Waals surface area contributed by atoms with E-state index in [-0.39, 0.29) is 17.2 Å². The van der Waals surface area contributed by atoms with Gasteiger partial charge in [-0.2, -0.15) is 0 Å². The van der Waals surface area contributed by atoms with E-state index in [0.717, 1.165) is 6.42 Å². The zero-order valence-corrected chi connectivity index (χ0v) is 16.6. The highest BCUT2D eigenvalue weighted by atomic mass is 32.2. The molecule has 1 saturated heterocycles. The van der Waals surface area contributed by atoms with Gasteiger partial charge in [-0.1, -0.05) is 18.2 Å². The van der Waals surface area contributed by atoms with E-state index in [1.807, 2.05) is 0 Å². The Bertz CT molecular complexity index is 1000. The summed E-state index contributed by atoms with van der Waals surface area (Å²) in [5, 5.41) is 0. The van der Waals surface area contributed by atoms with Gasteiger partial charge in [-0.05, 0) is 43.2 Å². The van der Waals surface area contributed by atoms with E-state index >= 15 is 0 Å². The van der Waals surface area contributed by atoms with Gasteiger partial charge in [0.05, 0.1) is 29.8 Å². The molecule has 1 heterocycles. The molecule has 2 aromatic rings. The van der Waals surface area contributed by atoms with Gasteiger partial charge in [-0.25, -0.2) is 13.2 Å². The molecule has 1 aliphatic rings. The van der Waals surface area contributed by atoms with Crippen molar-refractivity contribution in [1.82, 2.24) is 0 Å². The zero-order valence-electron chi connectivity index (χ0n) is 15.8. The summed E-state index contributed by atoms with van der Waals surface area (Å²) in [6.45, 7) is 0.404. The molecule has 1 aliphatic heterocycles. The number of nitrogens with zero attached hydrogens (tertiary/aromatic N) is 2. The fraction of sp³-hybridized carbons (Fsp3) is 0.300. The lowest BCUT2D eigenvalue weighted by Gasteiger charge is -2.28. The molecule has 0 radical (unpaired) electrons. The second-order valence-electron chi connectivity index (χ2n) is 6.52. The van der Waals surface area contributed by atoms with Crippen LogP contribution in [0.3, 0.4) is 0 Å². The molecular weight excluding hydrogens is 380 g/mol. The predicted molar refractivity (Wildman–Crippen MR) is 107 cm³/mol. The van der Waals surface area contributed by atoms with Crippen LogP contribution in [0.4, 0.5) is 11.4 Å². The number of hydrogen-bond acceptors (Lipinski definition) is 5. The Balaban J connectivity index is 1.93. The van der Waals surface area contributed by atoms with Crippen molar-refractivity contribution in [3.63, 3.8) is 0 Å². The first-order chi connectivity index (χ1) is 13.3. The largest absolute Gasteiger partial charge is 0.465 e. The molecule has 0 aromatic heterocycles. The van der Waals surface area contributed by atoms with Crippen LogP contribution < -0.4 is 9.21 Å². The van der Waals surface area contributed by atoms with Crippen molar-refractivity contribution >= 4 is 33.3 Å². The van der Waals surface area contributed by atoms with E-state index in [2.05, 4.69) is 0 Å². The molecule has 28 heavy (non-hydrogen) atoms. The van der Waals surface area contributed by atoms with E-state index in [1.54, 1.807) is 55.6 Å². The third-order valence-electron chi connectivity index (χ3n) is 4.71. The number of esters is 1. The summed E-state index contributed by atoms with van der Waals surface area (Å²) >= 11 is 0. The average molecular weight is 402 g/mol. The standard InChI is InChI=1S/C20H22N2O5S/c1-21(18-11-4-3-10-17(18)20(24)27-2)19(23)15-8-7-9-16(14-15)22-12-5-6-13-28(22,25)26/h3-4,7-11,14H,5-6,12-13H2,1-2H3. The van der Waals surface area contributed by atoms with Crippen LogP contribution in [0.5, 0.6) is 0 Å². The first-order valence-electron chi connectivity index (χ1n) is 8.91. The van der Waals surface area contributed by atoms with E-state index in [1.165, 1.54) is 16.3 Å². The van der Waals surface area contributed by atoms with Crippen LogP contribution in [0, 0.1) is 0 Å². The first-order valence-corrected chi connectivity index (χ1v) is 10.5. The lowest BCUT2D eigenvalue weighted by Crippen LogP contribution is -2.38. The highest BCUT2D eigenvalue weighted by Gasteiger charge is 2.27. The molecule has 3 rings (SSSR count). The molecule has 148 valence electrons. The van der Waals surface area contributed by atoms with Crippen molar-refractivity contribution in [3.8, 4) is 0 Å². The Morgan fingerprint density at radius 1 is 1.07 bits per heavy atom. The Kier molecular flexibility index (Phi) is 5.69. The molecule has 0 aliphatic carbocycles. The summed E-state index contributed by atoms with van der Waals surface area (Å²) < 4.78 is 30.8. The van der Waals surface area contributed by atoms with E-state index < -0.39 is 16.0 Å². The maximum Gasteiger partial charge on any atom is 0.339 e. The molecule has 2 aromatic carbocycles. The molecule has 1 amide bonds. The van der Waals surface area contributed by atoms with Crippen LogP contribution in [-0.2, 0) is 14.8 Å². The molecule has 0 spiro atoms. The molecule has 7 nitrogen and oxygen atoms in total. The van der Waals surface area contributed by atoms with Crippen LogP contribution in [0.25, 0.3) is 0 Å². The van der Waals surface area contributed by atoms with Crippen LogP contribution in [0.2, 0.25) is 0 Å². The Hall–Kier alpha value is -2.87. The van der Waals surface area contributed by atoms with Gasteiger partial charge >= 0.3 is 5.97 Å². The normalized spacial score (nSPS) is 15.7. The molecule has 0 atom stereocenters. The summed E-state index contributed by atoms with van der Waals surface area (Å²) in [7, 11) is -0.520. The lowest BCUT2D eigenvalue weighted by molar-refractivity contribution is 0.0601. The van der Waals surface area contributed by atoms with Crippen molar-refractivity contribution < 1.29 is 22.7 Å². The third-order valence-corrected chi connectivity index (χ3v) is 6.58. The number of anilines is 2. The van der Waals surface area contributed by atoms with Gasteiger partial charge < -0.3 is 9.64 Å². The van der Waals surface area contributed by atoms with Crippen molar-refractivity contribution in [2.24, 2.45) is 0 Å². The summed E-state index contributed by atoms with van der Waals surface area (Å²) in [4.78, 5) is 26.4. The van der Waals surface area contributed by atoms with Gasteiger partial charge in [-0.3, -0.25) is 9.10 Å². The van der Waals surface area contributed by atoms with E-state index in [9.17, 15) is 18.0 Å². The molecule has 0 N–H and O–H groups in total. The SMILES string of the molecule is COC(=O)c1ccccc1N(C)C(=O)c1cccc(N2CCCCS2(=O)=O)c1. The molecule has 0 saturated carbocycles. The Morgan fingerprint density at radius 2 is 1.82 bits per heavy atom. The maximum absolute atomic E-state index is 13.0. The van der Waals surface area contributed by atoms with Crippen molar-refractivity contribution in [2.75, 3.05) is 35.7 Å². The summed E-state index contributed by atoms with van der Waals surface area (Å²) in [6.07, 6.45) is 1.42. The van der Waals surface area contributed by atoms with Crippen LogP contribution in [0.15, 0.2) is 48.5 Å². The number of methoxy groups -OCH3 is 1. The number of sulfonamides is 1. The monoisotopic (exact) mass is 402 g/mol. The fourth-order valence-electron chi connectivity index (χ4n) is 3.22. The highest BCUT2D eigenvalue weighted by Crippen LogP contribution is 2.26. The van der Waals surface area contributed by atoms with Gasteiger partial charge in [0.15, 0.2) is 0 Å². The minimum Gasteiger partial charge on any atom is -0.465 e. The number of ether oxygens (including phenoxy) is 1. The van der Waals surface area contributed by atoms with Gasteiger partial charge in [0, 0.05) is 19.2 Å². The summed E-state index contributed by atoms with van der Waals surface area (Å²) in [5.74, 6) is -0.784. The van der Waals surface area contributed by atoms with Crippen LogP contribution in [-0.4, -0.2) is 46.7 Å². The van der Waals surface area contributed by atoms with Crippen molar-refractivity contribution in [1.29, 1.82) is 0 Å². The molecule has 0 unspecified atom stereocenters. The van der Waals surface area contributed by atoms with E-state index in [0.29, 0.717) is 29.9 Å². The molecule has 8 heteroatoms. The number of hydrogen-bond donors (Lipinski definition) is 0. The van der Waals surface area contributed by atoms with Gasteiger partial charge in [0.2, 0.25) is 10.0 Å². The number of carbonyl (C=O) groups is 2. The number of carbonyl (C=O) groups excluding carboxylic acids is 2. The summed E-state index contributed by atoms with van der Waals surface area (Å²) in [5.41, 5.74) is 1.49. The first kappa shape index (κ1) is 19.9. The Morgan fingerprint density at radius 3 is 2.54 bits per heavy atom. The molecular formula is C20H22N2O5S. The van der Waals surface area contributed by atoms with Crippen molar-refractivity contribution in [2.45, 2.75) is 12.8 Å². The Labute approximate surface area is 164 Å². The minimum atomic E-state index is -3.37. The van der Waals surface area contributed by atoms with Crippen molar-refractivity contribution in [3.05, 3.63) is 59.7 Å². The van der Waals surface area contributed by atoms with E-state index in [4.69, 9.17) is 4.74 Å². The number of para-hydroxylation sites is 1. The predicted octanol–water partition coefficient (Wildman–Crippen LogP) is 2.68. The fourth-order valence-corrected chi connectivity index (χ4v) is 4.86. The smallest absolute Gasteiger partial charge is 0.339 e. The molecule has 1 fully saturated rings. The second-order valence-corrected chi connectivity index (χ2v) is 8.53. The van der Waals surface area contributed by atoms with Gasteiger partial charge in [-0.15, -0.1) is 0 Å². The molecule has 0 bridgehead atoms. The highest BCUT2D eigenvalue weighted by molar-refractivity contribution is 7.92. The number of rotatable bonds is 4. The van der Waals surface area contributed by atoms with Gasteiger partial charge in [0.1, 0.15) is 0 Å². The van der Waals surface area contributed by atoms with Gasteiger partial charge in [0.25, 0.3) is 5.91 Å². The minimum absolute atomic E-state index is 0.109.